The number of alkyl halides is 1. The van der Waals surface area contributed by atoms with E-state index in [2.05, 4.69) is 0 Å². The molecule has 0 aromatic heterocycles. The van der Waals surface area contributed by atoms with Crippen LogP contribution in [0.25, 0.3) is 11.1 Å². The van der Waals surface area contributed by atoms with Gasteiger partial charge in [-0.25, -0.2) is 0 Å². The largest absolute Gasteiger partial charge is 0.425 e. The lowest BCUT2D eigenvalue weighted by Gasteiger charge is -2.02. The van der Waals surface area contributed by atoms with Gasteiger partial charge in [0.15, 0.2) is 11.5 Å². The first-order valence-electron chi connectivity index (χ1n) is 5.00. The number of hydrogen-bond acceptors (Lipinski definition) is 2. The van der Waals surface area contributed by atoms with Crippen molar-refractivity contribution in [3.05, 3.63) is 48.5 Å². The van der Waals surface area contributed by atoms with Gasteiger partial charge in [0.2, 0.25) is 0 Å². The monoisotopic (exact) mass is 216 g/mol. The summed E-state index contributed by atoms with van der Waals surface area (Å²) < 4.78 is 22.5. The van der Waals surface area contributed by atoms with Crippen LogP contribution in [0.2, 0.25) is 0 Å². The van der Waals surface area contributed by atoms with E-state index in [-0.39, 0.29) is 0 Å². The Hall–Kier alpha value is -2.03. The smallest absolute Gasteiger partial charge is 0.397 e. The second kappa shape index (κ2) is 3.52. The topological polar surface area (TPSA) is 18.5 Å². The van der Waals surface area contributed by atoms with Crippen molar-refractivity contribution in [1.29, 1.82) is 0 Å². The summed E-state index contributed by atoms with van der Waals surface area (Å²) >= 11 is 0. The van der Waals surface area contributed by atoms with Crippen molar-refractivity contribution in [3.63, 3.8) is 0 Å². The van der Waals surface area contributed by atoms with Crippen LogP contribution in [0.3, 0.4) is 0 Å². The molecule has 0 N–H and O–H groups in total. The maximum absolute atomic E-state index is 12.8. The van der Waals surface area contributed by atoms with E-state index >= 15 is 0 Å². The van der Waals surface area contributed by atoms with Crippen molar-refractivity contribution in [3.8, 4) is 22.6 Å². The van der Waals surface area contributed by atoms with Gasteiger partial charge in [-0.1, -0.05) is 36.4 Å². The van der Waals surface area contributed by atoms with Crippen LogP contribution >= 0.6 is 0 Å². The molecule has 2 nitrogen and oxygen atoms in total. The molecular weight excluding hydrogens is 207 g/mol. The zero-order valence-corrected chi connectivity index (χ0v) is 8.39. The average Bonchev–Trinajstić information content (AvgIpc) is 2.69. The number of halogens is 1. The molecule has 1 heterocycles. The minimum absolute atomic E-state index is 0.451. The second-order valence-corrected chi connectivity index (χ2v) is 3.54. The first kappa shape index (κ1) is 9.21. The summed E-state index contributed by atoms with van der Waals surface area (Å²) in [5, 5.41) is 0. The molecule has 80 valence electrons. The van der Waals surface area contributed by atoms with E-state index in [1.807, 2.05) is 36.4 Å². The highest BCUT2D eigenvalue weighted by molar-refractivity contribution is 5.67. The summed E-state index contributed by atoms with van der Waals surface area (Å²) in [5.41, 5.74) is 2.05. The maximum Gasteiger partial charge on any atom is 0.397 e. The fourth-order valence-electron chi connectivity index (χ4n) is 1.73. The first-order chi connectivity index (χ1) is 7.83. The predicted octanol–water partition coefficient (Wildman–Crippen LogP) is 3.38. The van der Waals surface area contributed by atoms with E-state index in [4.69, 9.17) is 9.47 Å². The highest BCUT2D eigenvalue weighted by Gasteiger charge is 2.23. The van der Waals surface area contributed by atoms with Crippen LogP contribution in [0.1, 0.15) is 0 Å². The molecule has 1 unspecified atom stereocenters. The molecule has 0 radical (unpaired) electrons. The zero-order chi connectivity index (χ0) is 11.0. The Bertz CT molecular complexity index is 511. The van der Waals surface area contributed by atoms with Gasteiger partial charge in [0.05, 0.1) is 0 Å². The molecule has 3 rings (SSSR count). The van der Waals surface area contributed by atoms with Crippen molar-refractivity contribution >= 4 is 0 Å². The Morgan fingerprint density at radius 2 is 1.56 bits per heavy atom. The standard InChI is InChI=1S/C13H9FO2/c14-13-15-11-7-6-10(8-12(11)16-13)9-4-2-1-3-5-9/h1-8,13H. The van der Waals surface area contributed by atoms with Crippen LogP contribution in [-0.2, 0) is 0 Å². The molecule has 2 aromatic rings. The molecule has 1 aliphatic heterocycles. The lowest BCUT2D eigenvalue weighted by Crippen LogP contribution is -2.09. The highest BCUT2D eigenvalue weighted by atomic mass is 19.2. The van der Waals surface area contributed by atoms with Crippen molar-refractivity contribution in [2.24, 2.45) is 0 Å². The molecule has 16 heavy (non-hydrogen) atoms. The van der Waals surface area contributed by atoms with Crippen LogP contribution < -0.4 is 9.47 Å². The molecule has 0 aliphatic carbocycles. The molecule has 1 atom stereocenters. The summed E-state index contributed by atoms with van der Waals surface area (Å²) in [5.74, 6) is 0.904. The third kappa shape index (κ3) is 1.50. The van der Waals surface area contributed by atoms with Gasteiger partial charge in [-0.3, -0.25) is 0 Å². The van der Waals surface area contributed by atoms with E-state index in [0.29, 0.717) is 11.5 Å². The molecular formula is C13H9FO2. The second-order valence-electron chi connectivity index (χ2n) is 3.54. The van der Waals surface area contributed by atoms with E-state index in [1.165, 1.54) is 0 Å². The Labute approximate surface area is 92.2 Å². The number of benzene rings is 2. The van der Waals surface area contributed by atoms with Gasteiger partial charge in [0.25, 0.3) is 0 Å². The van der Waals surface area contributed by atoms with Gasteiger partial charge >= 0.3 is 6.54 Å². The Kier molecular flexibility index (Phi) is 2.03. The van der Waals surface area contributed by atoms with Crippen molar-refractivity contribution in [2.45, 2.75) is 6.54 Å². The van der Waals surface area contributed by atoms with Crippen LogP contribution in [-0.4, -0.2) is 6.54 Å². The fraction of sp³-hybridized carbons (Fsp3) is 0.0769. The lowest BCUT2D eigenvalue weighted by atomic mass is 10.1. The van der Waals surface area contributed by atoms with Gasteiger partial charge in [-0.05, 0) is 23.3 Å². The summed E-state index contributed by atoms with van der Waals surface area (Å²) in [6.45, 7) is -1.68. The van der Waals surface area contributed by atoms with E-state index < -0.39 is 6.54 Å². The van der Waals surface area contributed by atoms with Gasteiger partial charge in [0.1, 0.15) is 0 Å². The van der Waals surface area contributed by atoms with Gasteiger partial charge in [-0.2, -0.15) is 4.39 Å². The number of rotatable bonds is 1. The molecule has 0 spiro atoms. The average molecular weight is 216 g/mol. The molecule has 0 amide bonds. The zero-order valence-electron chi connectivity index (χ0n) is 8.39. The van der Waals surface area contributed by atoms with Gasteiger partial charge in [0, 0.05) is 0 Å². The molecule has 0 saturated carbocycles. The molecule has 1 aliphatic rings. The lowest BCUT2D eigenvalue weighted by molar-refractivity contribution is -0.0651. The number of hydrogen-bond donors (Lipinski definition) is 0. The van der Waals surface area contributed by atoms with Crippen LogP contribution in [0.4, 0.5) is 4.39 Å². The van der Waals surface area contributed by atoms with Crippen molar-refractivity contribution in [2.75, 3.05) is 0 Å². The van der Waals surface area contributed by atoms with Gasteiger partial charge in [-0.15, -0.1) is 0 Å². The quantitative estimate of drug-likeness (QED) is 0.727. The normalized spacial score (nSPS) is 17.4. The molecule has 0 saturated heterocycles. The molecule has 0 fully saturated rings. The van der Waals surface area contributed by atoms with E-state index in [9.17, 15) is 4.39 Å². The molecule has 3 heteroatoms. The van der Waals surface area contributed by atoms with Crippen molar-refractivity contribution < 1.29 is 13.9 Å². The van der Waals surface area contributed by atoms with E-state index in [0.717, 1.165) is 11.1 Å². The SMILES string of the molecule is FC1Oc2ccc(-c3ccccc3)cc2O1. The van der Waals surface area contributed by atoms with E-state index in [1.54, 1.807) is 12.1 Å². The van der Waals surface area contributed by atoms with Crippen LogP contribution in [0, 0.1) is 0 Å². The Morgan fingerprint density at radius 1 is 0.812 bits per heavy atom. The van der Waals surface area contributed by atoms with Gasteiger partial charge < -0.3 is 9.47 Å². The summed E-state index contributed by atoms with van der Waals surface area (Å²) in [4.78, 5) is 0. The minimum Gasteiger partial charge on any atom is -0.425 e. The number of fused-ring (bicyclic) bond motifs is 1. The Morgan fingerprint density at radius 3 is 2.38 bits per heavy atom. The first-order valence-corrected chi connectivity index (χ1v) is 5.00. The summed E-state index contributed by atoms with van der Waals surface area (Å²) in [6, 6.07) is 15.2. The molecule has 0 bridgehead atoms. The minimum atomic E-state index is -1.68. The summed E-state index contributed by atoms with van der Waals surface area (Å²) in [7, 11) is 0. The third-order valence-electron chi connectivity index (χ3n) is 2.49. The fourth-order valence-corrected chi connectivity index (χ4v) is 1.73. The predicted molar refractivity (Wildman–Crippen MR) is 58.0 cm³/mol. The van der Waals surface area contributed by atoms with Crippen LogP contribution in [0.15, 0.2) is 48.5 Å². The summed E-state index contributed by atoms with van der Waals surface area (Å²) in [6.07, 6.45) is 0. The molecule has 2 aromatic carbocycles. The third-order valence-corrected chi connectivity index (χ3v) is 2.49. The Balaban J connectivity index is 2.03. The number of ether oxygens (including phenoxy) is 2. The van der Waals surface area contributed by atoms with Crippen LogP contribution in [0.5, 0.6) is 11.5 Å². The highest BCUT2D eigenvalue weighted by Crippen LogP contribution is 2.38. The maximum atomic E-state index is 12.8. The van der Waals surface area contributed by atoms with Crippen molar-refractivity contribution in [1.82, 2.24) is 0 Å².